The number of aliphatic hydroxyl groups is 1. The molecule has 0 saturated heterocycles. The zero-order chi connectivity index (χ0) is 11.6. The summed E-state index contributed by atoms with van der Waals surface area (Å²) >= 11 is 0. The van der Waals surface area contributed by atoms with E-state index in [1.807, 2.05) is 6.92 Å². The third kappa shape index (κ3) is 3.34. The summed E-state index contributed by atoms with van der Waals surface area (Å²) in [4.78, 5) is 0. The van der Waals surface area contributed by atoms with Crippen molar-refractivity contribution in [3.8, 4) is 0 Å². The van der Waals surface area contributed by atoms with Crippen LogP contribution in [0.1, 0.15) is 26.7 Å². The molecule has 0 aliphatic heterocycles. The van der Waals surface area contributed by atoms with Gasteiger partial charge in [0.25, 0.3) is 0 Å². The molecule has 0 heterocycles. The molecule has 2 nitrogen and oxygen atoms in total. The van der Waals surface area contributed by atoms with Gasteiger partial charge in [-0.2, -0.15) is 13.2 Å². The molecular weight excluding hydrogens is 207 g/mol. The van der Waals surface area contributed by atoms with Crippen LogP contribution < -0.4 is 5.32 Å². The SMILES string of the molecule is CC1CCC(NCC(O)C(F)(F)F)C1C. The van der Waals surface area contributed by atoms with Gasteiger partial charge >= 0.3 is 6.18 Å². The van der Waals surface area contributed by atoms with E-state index in [9.17, 15) is 13.2 Å². The Bertz CT molecular complexity index is 207. The molecule has 4 unspecified atom stereocenters. The van der Waals surface area contributed by atoms with Crippen LogP contribution in [-0.2, 0) is 0 Å². The minimum absolute atomic E-state index is 0.108. The summed E-state index contributed by atoms with van der Waals surface area (Å²) in [6.07, 6.45) is -4.82. The van der Waals surface area contributed by atoms with Crippen LogP contribution in [0.3, 0.4) is 0 Å². The van der Waals surface area contributed by atoms with E-state index < -0.39 is 18.8 Å². The number of hydrogen-bond donors (Lipinski definition) is 2. The summed E-state index contributed by atoms with van der Waals surface area (Å²) in [7, 11) is 0. The zero-order valence-electron chi connectivity index (χ0n) is 9.01. The lowest BCUT2D eigenvalue weighted by molar-refractivity contribution is -0.202. The zero-order valence-corrected chi connectivity index (χ0v) is 9.01. The van der Waals surface area contributed by atoms with Crippen LogP contribution in [0.25, 0.3) is 0 Å². The van der Waals surface area contributed by atoms with Crippen molar-refractivity contribution >= 4 is 0 Å². The number of nitrogens with one attached hydrogen (secondary N) is 1. The molecule has 0 amide bonds. The van der Waals surface area contributed by atoms with Gasteiger partial charge in [0.15, 0.2) is 6.10 Å². The molecule has 0 radical (unpaired) electrons. The van der Waals surface area contributed by atoms with Gasteiger partial charge in [-0.25, -0.2) is 0 Å². The smallest absolute Gasteiger partial charge is 0.382 e. The second-order valence-corrected chi connectivity index (χ2v) is 4.49. The van der Waals surface area contributed by atoms with Crippen molar-refractivity contribution in [1.29, 1.82) is 0 Å². The van der Waals surface area contributed by atoms with E-state index in [4.69, 9.17) is 5.11 Å². The first kappa shape index (κ1) is 12.8. The molecule has 1 fully saturated rings. The number of alkyl halides is 3. The molecule has 2 N–H and O–H groups in total. The van der Waals surface area contributed by atoms with Crippen molar-refractivity contribution in [3.05, 3.63) is 0 Å². The molecule has 0 aromatic rings. The van der Waals surface area contributed by atoms with Gasteiger partial charge in [-0.1, -0.05) is 13.8 Å². The molecule has 0 bridgehead atoms. The largest absolute Gasteiger partial charge is 0.415 e. The molecule has 1 aliphatic rings. The Morgan fingerprint density at radius 3 is 2.33 bits per heavy atom. The molecule has 0 aromatic heterocycles. The average molecular weight is 225 g/mol. The fourth-order valence-electron chi connectivity index (χ4n) is 2.03. The molecule has 15 heavy (non-hydrogen) atoms. The second kappa shape index (κ2) is 4.70. The lowest BCUT2D eigenvalue weighted by Gasteiger charge is -2.22. The van der Waals surface area contributed by atoms with Crippen molar-refractivity contribution in [2.24, 2.45) is 11.8 Å². The van der Waals surface area contributed by atoms with E-state index >= 15 is 0 Å². The first-order valence-electron chi connectivity index (χ1n) is 5.30. The lowest BCUT2D eigenvalue weighted by Crippen LogP contribution is -2.43. The summed E-state index contributed by atoms with van der Waals surface area (Å²) in [5.74, 6) is 0.927. The van der Waals surface area contributed by atoms with Crippen molar-refractivity contribution < 1.29 is 18.3 Å². The summed E-state index contributed by atoms with van der Waals surface area (Å²) in [6.45, 7) is 3.74. The second-order valence-electron chi connectivity index (χ2n) is 4.49. The normalized spacial score (nSPS) is 34.4. The van der Waals surface area contributed by atoms with Crippen molar-refractivity contribution in [2.75, 3.05) is 6.54 Å². The van der Waals surface area contributed by atoms with Gasteiger partial charge in [0.2, 0.25) is 0 Å². The van der Waals surface area contributed by atoms with Gasteiger partial charge in [-0.15, -0.1) is 0 Å². The van der Waals surface area contributed by atoms with Gasteiger partial charge in [-0.05, 0) is 24.7 Å². The van der Waals surface area contributed by atoms with Crippen LogP contribution in [-0.4, -0.2) is 30.0 Å². The van der Waals surface area contributed by atoms with Crippen LogP contribution in [0.4, 0.5) is 13.2 Å². The fourth-order valence-corrected chi connectivity index (χ4v) is 2.03. The first-order chi connectivity index (χ1) is 6.82. The Balaban J connectivity index is 2.32. The molecule has 0 spiro atoms. The average Bonchev–Trinajstić information content (AvgIpc) is 2.43. The van der Waals surface area contributed by atoms with Gasteiger partial charge < -0.3 is 10.4 Å². The van der Waals surface area contributed by atoms with E-state index in [2.05, 4.69) is 12.2 Å². The van der Waals surface area contributed by atoms with Crippen molar-refractivity contribution in [2.45, 2.75) is 45.0 Å². The maximum absolute atomic E-state index is 12.0. The van der Waals surface area contributed by atoms with Crippen LogP contribution >= 0.6 is 0 Å². The van der Waals surface area contributed by atoms with E-state index in [1.165, 1.54) is 0 Å². The molecule has 1 aliphatic carbocycles. The minimum atomic E-state index is -4.51. The van der Waals surface area contributed by atoms with Crippen molar-refractivity contribution in [3.63, 3.8) is 0 Å². The van der Waals surface area contributed by atoms with Crippen molar-refractivity contribution in [1.82, 2.24) is 5.32 Å². The highest BCUT2D eigenvalue weighted by Crippen LogP contribution is 2.31. The summed E-state index contributed by atoms with van der Waals surface area (Å²) in [6, 6.07) is 0.108. The third-order valence-electron chi connectivity index (χ3n) is 3.42. The Kier molecular flexibility index (Phi) is 4.00. The third-order valence-corrected chi connectivity index (χ3v) is 3.42. The predicted octanol–water partition coefficient (Wildman–Crippen LogP) is 1.93. The fraction of sp³-hybridized carbons (Fsp3) is 1.00. The molecule has 5 heteroatoms. The topological polar surface area (TPSA) is 32.3 Å². The standard InChI is InChI=1S/C10H18F3NO/c1-6-3-4-8(7(6)2)14-5-9(15)10(11,12)13/h6-9,14-15H,3-5H2,1-2H3. The van der Waals surface area contributed by atoms with Gasteiger partial charge in [0.05, 0.1) is 0 Å². The quantitative estimate of drug-likeness (QED) is 0.769. The summed E-state index contributed by atoms with van der Waals surface area (Å²) in [5, 5.41) is 11.6. The number of hydrogen-bond acceptors (Lipinski definition) is 2. The molecular formula is C10H18F3NO. The Labute approximate surface area is 87.9 Å². The summed E-state index contributed by atoms with van der Waals surface area (Å²) < 4.78 is 36.0. The van der Waals surface area contributed by atoms with Crippen LogP contribution in [0.2, 0.25) is 0 Å². The van der Waals surface area contributed by atoms with Gasteiger partial charge in [-0.3, -0.25) is 0 Å². The van der Waals surface area contributed by atoms with Gasteiger partial charge in [0, 0.05) is 12.6 Å². The number of rotatable bonds is 3. The summed E-state index contributed by atoms with van der Waals surface area (Å²) in [5.41, 5.74) is 0. The van der Waals surface area contributed by atoms with E-state index in [0.29, 0.717) is 11.8 Å². The molecule has 1 rings (SSSR count). The number of aliphatic hydroxyl groups excluding tert-OH is 1. The Hall–Kier alpha value is -0.290. The molecule has 4 atom stereocenters. The number of halogens is 3. The first-order valence-corrected chi connectivity index (χ1v) is 5.30. The van der Waals surface area contributed by atoms with Gasteiger partial charge in [0.1, 0.15) is 0 Å². The highest BCUT2D eigenvalue weighted by atomic mass is 19.4. The maximum Gasteiger partial charge on any atom is 0.415 e. The Morgan fingerprint density at radius 2 is 1.93 bits per heavy atom. The molecule has 90 valence electrons. The minimum Gasteiger partial charge on any atom is -0.382 e. The van der Waals surface area contributed by atoms with E-state index in [1.54, 1.807) is 0 Å². The lowest BCUT2D eigenvalue weighted by atomic mass is 9.98. The van der Waals surface area contributed by atoms with E-state index in [-0.39, 0.29) is 6.04 Å². The highest BCUT2D eigenvalue weighted by Gasteiger charge is 2.39. The molecule has 0 aromatic carbocycles. The predicted molar refractivity (Wildman–Crippen MR) is 51.4 cm³/mol. The Morgan fingerprint density at radius 1 is 1.33 bits per heavy atom. The van der Waals surface area contributed by atoms with Crippen LogP contribution in [0.15, 0.2) is 0 Å². The van der Waals surface area contributed by atoms with Crippen LogP contribution in [0.5, 0.6) is 0 Å². The monoisotopic (exact) mass is 225 g/mol. The maximum atomic E-state index is 12.0. The highest BCUT2D eigenvalue weighted by molar-refractivity contribution is 4.85. The van der Waals surface area contributed by atoms with E-state index in [0.717, 1.165) is 12.8 Å². The van der Waals surface area contributed by atoms with Crippen LogP contribution in [0, 0.1) is 11.8 Å². The molecule has 1 saturated carbocycles.